The van der Waals surface area contributed by atoms with Crippen molar-refractivity contribution in [2.45, 2.75) is 13.5 Å². The minimum Gasteiger partial charge on any atom is -0.496 e. The van der Waals surface area contributed by atoms with Gasteiger partial charge in [0.25, 0.3) is 5.91 Å². The van der Waals surface area contributed by atoms with E-state index in [0.717, 1.165) is 22.6 Å². The molecule has 3 rings (SSSR count). The monoisotopic (exact) mass is 353 g/mol. The second-order valence-corrected chi connectivity index (χ2v) is 6.00. The summed E-state index contributed by atoms with van der Waals surface area (Å²) in [6.07, 6.45) is 0. The number of para-hydroxylation sites is 1. The fourth-order valence-electron chi connectivity index (χ4n) is 2.77. The van der Waals surface area contributed by atoms with E-state index in [-0.39, 0.29) is 11.7 Å². The summed E-state index contributed by atoms with van der Waals surface area (Å²) >= 11 is 0. The first-order chi connectivity index (χ1) is 12.5. The molecule has 0 saturated carbocycles. The number of amides is 1. The average molecular weight is 353 g/mol. The quantitative estimate of drug-likeness (QED) is 0.764. The van der Waals surface area contributed by atoms with Gasteiger partial charge in [0.15, 0.2) is 5.69 Å². The van der Waals surface area contributed by atoms with Crippen molar-refractivity contribution in [3.63, 3.8) is 0 Å². The molecule has 0 saturated heterocycles. The molecule has 0 radical (unpaired) electrons. The lowest BCUT2D eigenvalue weighted by molar-refractivity contribution is 0.0945. The number of nitrogens with one attached hydrogen (secondary N) is 1. The van der Waals surface area contributed by atoms with Crippen LogP contribution in [0.25, 0.3) is 11.3 Å². The molecule has 134 valence electrons. The summed E-state index contributed by atoms with van der Waals surface area (Å²) in [6.45, 7) is 2.04. The topological polar surface area (TPSA) is 56.1 Å². The van der Waals surface area contributed by atoms with E-state index in [0.29, 0.717) is 17.8 Å². The maximum Gasteiger partial charge on any atom is 0.272 e. The Bertz CT molecular complexity index is 950. The van der Waals surface area contributed by atoms with E-state index >= 15 is 0 Å². The Morgan fingerprint density at radius 1 is 1.23 bits per heavy atom. The van der Waals surface area contributed by atoms with Crippen LogP contribution in [-0.2, 0) is 13.6 Å². The molecule has 1 N–H and O–H groups in total. The Balaban J connectivity index is 1.77. The van der Waals surface area contributed by atoms with Crippen molar-refractivity contribution in [2.75, 3.05) is 7.11 Å². The molecule has 5 nitrogen and oxygen atoms in total. The normalized spacial score (nSPS) is 10.6. The zero-order valence-electron chi connectivity index (χ0n) is 14.9. The van der Waals surface area contributed by atoms with E-state index in [4.69, 9.17) is 4.74 Å². The molecule has 0 spiro atoms. The lowest BCUT2D eigenvalue weighted by atomic mass is 10.1. The molecule has 0 atom stereocenters. The number of aromatic nitrogens is 2. The van der Waals surface area contributed by atoms with Crippen LogP contribution >= 0.6 is 0 Å². The molecule has 6 heteroatoms. The van der Waals surface area contributed by atoms with Gasteiger partial charge in [0, 0.05) is 24.7 Å². The number of benzene rings is 2. The summed E-state index contributed by atoms with van der Waals surface area (Å²) in [5, 5.41) is 7.12. The largest absolute Gasteiger partial charge is 0.496 e. The molecule has 1 heterocycles. The van der Waals surface area contributed by atoms with Crippen molar-refractivity contribution >= 4 is 5.91 Å². The van der Waals surface area contributed by atoms with Crippen LogP contribution in [0.2, 0.25) is 0 Å². The summed E-state index contributed by atoms with van der Waals surface area (Å²) in [4.78, 5) is 12.4. The molecule has 1 aromatic heterocycles. The second-order valence-electron chi connectivity index (χ2n) is 6.00. The van der Waals surface area contributed by atoms with Crippen LogP contribution in [0, 0.1) is 12.7 Å². The van der Waals surface area contributed by atoms with Crippen LogP contribution in [0.15, 0.2) is 48.5 Å². The molecule has 2 aromatic carbocycles. The van der Waals surface area contributed by atoms with Crippen LogP contribution in [0.1, 0.15) is 21.6 Å². The number of ether oxygens (including phenoxy) is 1. The SMILES string of the molecule is COc1ccccc1CNC(=O)c1cc(-c2ccc(F)c(C)c2)n(C)n1. The van der Waals surface area contributed by atoms with Crippen LogP contribution in [0.3, 0.4) is 0 Å². The van der Waals surface area contributed by atoms with Crippen molar-refractivity contribution in [3.05, 3.63) is 71.2 Å². The van der Waals surface area contributed by atoms with Gasteiger partial charge in [0.2, 0.25) is 0 Å². The van der Waals surface area contributed by atoms with Crippen molar-refractivity contribution in [1.29, 1.82) is 0 Å². The van der Waals surface area contributed by atoms with E-state index < -0.39 is 0 Å². The summed E-state index contributed by atoms with van der Waals surface area (Å²) in [7, 11) is 3.35. The summed E-state index contributed by atoms with van der Waals surface area (Å²) < 4.78 is 20.4. The van der Waals surface area contributed by atoms with Crippen molar-refractivity contribution < 1.29 is 13.9 Å². The number of carbonyl (C=O) groups excluding carboxylic acids is 1. The predicted octanol–water partition coefficient (Wildman–Crippen LogP) is 3.47. The Morgan fingerprint density at radius 3 is 2.73 bits per heavy atom. The molecular weight excluding hydrogens is 333 g/mol. The van der Waals surface area contributed by atoms with E-state index in [1.807, 2.05) is 24.3 Å². The molecule has 0 aliphatic rings. The van der Waals surface area contributed by atoms with Gasteiger partial charge in [-0.25, -0.2) is 4.39 Å². The molecule has 1 amide bonds. The van der Waals surface area contributed by atoms with E-state index in [1.54, 1.807) is 44.0 Å². The van der Waals surface area contributed by atoms with Crippen LogP contribution < -0.4 is 10.1 Å². The lowest BCUT2D eigenvalue weighted by Crippen LogP contribution is -2.23. The number of hydrogen-bond acceptors (Lipinski definition) is 3. The Labute approximate surface area is 151 Å². The van der Waals surface area contributed by atoms with Gasteiger partial charge in [-0.3, -0.25) is 9.48 Å². The predicted molar refractivity (Wildman–Crippen MR) is 97.5 cm³/mol. The van der Waals surface area contributed by atoms with Gasteiger partial charge < -0.3 is 10.1 Å². The highest BCUT2D eigenvalue weighted by Gasteiger charge is 2.15. The Kier molecular flexibility index (Phi) is 5.02. The number of hydrogen-bond donors (Lipinski definition) is 1. The van der Waals surface area contributed by atoms with Gasteiger partial charge in [-0.1, -0.05) is 18.2 Å². The maximum absolute atomic E-state index is 13.5. The molecule has 0 aliphatic carbocycles. The third-order valence-electron chi connectivity index (χ3n) is 4.20. The summed E-state index contributed by atoms with van der Waals surface area (Å²) in [5.74, 6) is 0.179. The summed E-state index contributed by atoms with van der Waals surface area (Å²) in [5.41, 5.74) is 3.29. The number of methoxy groups -OCH3 is 1. The number of nitrogens with zero attached hydrogens (tertiary/aromatic N) is 2. The number of carbonyl (C=O) groups is 1. The Morgan fingerprint density at radius 2 is 2.00 bits per heavy atom. The minimum absolute atomic E-state index is 0.259. The molecule has 0 aliphatic heterocycles. The first-order valence-corrected chi connectivity index (χ1v) is 8.20. The highest BCUT2D eigenvalue weighted by molar-refractivity contribution is 5.93. The smallest absolute Gasteiger partial charge is 0.272 e. The van der Waals surface area contributed by atoms with Crippen molar-refractivity contribution in [1.82, 2.24) is 15.1 Å². The molecule has 0 bridgehead atoms. The van der Waals surface area contributed by atoms with Crippen molar-refractivity contribution in [3.8, 4) is 17.0 Å². The van der Waals surface area contributed by atoms with Gasteiger partial charge >= 0.3 is 0 Å². The van der Waals surface area contributed by atoms with Gasteiger partial charge in [0.1, 0.15) is 11.6 Å². The van der Waals surface area contributed by atoms with Gasteiger partial charge in [0.05, 0.1) is 12.8 Å². The highest BCUT2D eigenvalue weighted by Crippen LogP contribution is 2.22. The molecule has 0 unspecified atom stereocenters. The van der Waals surface area contributed by atoms with Gasteiger partial charge in [-0.15, -0.1) is 0 Å². The zero-order valence-corrected chi connectivity index (χ0v) is 14.9. The van der Waals surface area contributed by atoms with Crippen LogP contribution in [-0.4, -0.2) is 22.8 Å². The van der Waals surface area contributed by atoms with Crippen LogP contribution in [0.4, 0.5) is 4.39 Å². The first-order valence-electron chi connectivity index (χ1n) is 8.20. The van der Waals surface area contributed by atoms with E-state index in [9.17, 15) is 9.18 Å². The first kappa shape index (κ1) is 17.7. The van der Waals surface area contributed by atoms with E-state index in [1.165, 1.54) is 6.07 Å². The van der Waals surface area contributed by atoms with Gasteiger partial charge in [-0.05, 0) is 42.8 Å². The molecular formula is C20H20FN3O2. The van der Waals surface area contributed by atoms with Crippen molar-refractivity contribution in [2.24, 2.45) is 7.05 Å². The number of rotatable bonds is 5. The zero-order chi connectivity index (χ0) is 18.7. The molecule has 26 heavy (non-hydrogen) atoms. The third kappa shape index (κ3) is 3.59. The van der Waals surface area contributed by atoms with Crippen LogP contribution in [0.5, 0.6) is 5.75 Å². The fourth-order valence-corrected chi connectivity index (χ4v) is 2.77. The minimum atomic E-state index is -0.281. The van der Waals surface area contributed by atoms with E-state index in [2.05, 4.69) is 10.4 Å². The molecule has 3 aromatic rings. The standard InChI is InChI=1S/C20H20FN3O2/c1-13-10-14(8-9-16(13)21)18-11-17(23-24(18)2)20(25)22-12-15-6-4-5-7-19(15)26-3/h4-11H,12H2,1-3H3,(H,22,25). The maximum atomic E-state index is 13.5. The molecule has 0 fully saturated rings. The summed E-state index contributed by atoms with van der Waals surface area (Å²) in [6, 6.07) is 14.0. The Hall–Kier alpha value is -3.15. The number of aryl methyl sites for hydroxylation is 2. The second kappa shape index (κ2) is 7.39. The third-order valence-corrected chi connectivity index (χ3v) is 4.20. The van der Waals surface area contributed by atoms with Gasteiger partial charge in [-0.2, -0.15) is 5.10 Å². The average Bonchev–Trinajstić information content (AvgIpc) is 3.04. The lowest BCUT2D eigenvalue weighted by Gasteiger charge is -2.08. The number of halogens is 1. The fraction of sp³-hybridized carbons (Fsp3) is 0.200. The highest BCUT2D eigenvalue weighted by atomic mass is 19.1.